The lowest BCUT2D eigenvalue weighted by Gasteiger charge is -2.16. The van der Waals surface area contributed by atoms with Crippen LogP contribution in [0.5, 0.6) is 17.2 Å². The Morgan fingerprint density at radius 3 is 2.16 bits per heavy atom. The van der Waals surface area contributed by atoms with Gasteiger partial charge in [-0.3, -0.25) is 4.79 Å². The molecule has 0 atom stereocenters. The summed E-state index contributed by atoms with van der Waals surface area (Å²) in [6, 6.07) is 25.0. The molecule has 38 heavy (non-hydrogen) atoms. The van der Waals surface area contributed by atoms with E-state index in [0.717, 1.165) is 11.1 Å². The zero-order chi connectivity index (χ0) is 27.1. The highest BCUT2D eigenvalue weighted by Gasteiger charge is 2.20. The summed E-state index contributed by atoms with van der Waals surface area (Å²) >= 11 is 1.21. The van der Waals surface area contributed by atoms with Gasteiger partial charge in [0, 0.05) is 16.8 Å². The first-order chi connectivity index (χ1) is 18.5. The van der Waals surface area contributed by atoms with Crippen molar-refractivity contribution in [1.29, 1.82) is 5.26 Å². The zero-order valence-electron chi connectivity index (χ0n) is 21.6. The van der Waals surface area contributed by atoms with Gasteiger partial charge in [0.25, 0.3) is 0 Å². The average Bonchev–Trinajstić information content (AvgIpc) is 2.96. The standard InChI is InChI=1S/C30H27N3O4S/c1-19-10-12-22(13-11-19)32-28(34)18-38-30-24(17-31)23(16-25(33-30)20-8-6-5-7-9-20)21-14-26(35-2)29(37-4)27(15-21)36-3/h5-16H,18H2,1-4H3,(H,32,34). The maximum atomic E-state index is 12.7. The molecule has 0 saturated carbocycles. The first-order valence-corrected chi connectivity index (χ1v) is 12.8. The van der Waals surface area contributed by atoms with Gasteiger partial charge >= 0.3 is 0 Å². The number of hydrogen-bond donors (Lipinski definition) is 1. The minimum Gasteiger partial charge on any atom is -0.493 e. The third-order valence-corrected chi connectivity index (χ3v) is 6.79. The van der Waals surface area contributed by atoms with Crippen molar-refractivity contribution in [2.45, 2.75) is 11.9 Å². The van der Waals surface area contributed by atoms with Gasteiger partial charge in [0.15, 0.2) is 11.5 Å². The number of ether oxygens (including phenoxy) is 3. The average molecular weight is 526 g/mol. The van der Waals surface area contributed by atoms with Crippen LogP contribution in [0.25, 0.3) is 22.4 Å². The fourth-order valence-corrected chi connectivity index (χ4v) is 4.73. The van der Waals surface area contributed by atoms with Crippen molar-refractivity contribution in [2.24, 2.45) is 0 Å². The van der Waals surface area contributed by atoms with Crippen LogP contribution in [0.15, 0.2) is 77.8 Å². The van der Waals surface area contributed by atoms with Crippen LogP contribution >= 0.6 is 11.8 Å². The van der Waals surface area contributed by atoms with Crippen molar-refractivity contribution in [2.75, 3.05) is 32.4 Å². The second kappa shape index (κ2) is 12.2. The highest BCUT2D eigenvalue weighted by molar-refractivity contribution is 8.00. The molecule has 0 fully saturated rings. The lowest BCUT2D eigenvalue weighted by Crippen LogP contribution is -2.14. The Bertz CT molecular complexity index is 1460. The normalized spacial score (nSPS) is 10.4. The molecule has 4 rings (SSSR count). The topological polar surface area (TPSA) is 93.5 Å². The molecular formula is C30H27N3O4S. The third-order valence-electron chi connectivity index (χ3n) is 5.82. The number of thioether (sulfide) groups is 1. The Balaban J connectivity index is 1.77. The van der Waals surface area contributed by atoms with Crippen LogP contribution in [0.2, 0.25) is 0 Å². The van der Waals surface area contributed by atoms with Crippen molar-refractivity contribution >= 4 is 23.4 Å². The number of nitrogens with zero attached hydrogens (tertiary/aromatic N) is 2. The van der Waals surface area contributed by atoms with Crippen molar-refractivity contribution in [1.82, 2.24) is 4.98 Å². The minimum atomic E-state index is -0.191. The smallest absolute Gasteiger partial charge is 0.234 e. The number of amides is 1. The van der Waals surface area contributed by atoms with Gasteiger partial charge in [-0.25, -0.2) is 4.98 Å². The van der Waals surface area contributed by atoms with E-state index in [2.05, 4.69) is 11.4 Å². The van der Waals surface area contributed by atoms with E-state index in [1.807, 2.05) is 67.6 Å². The molecule has 1 N–H and O–H groups in total. The summed E-state index contributed by atoms with van der Waals surface area (Å²) in [5, 5.41) is 13.6. The summed E-state index contributed by atoms with van der Waals surface area (Å²) in [7, 11) is 4.63. The fraction of sp³-hybridized carbons (Fsp3) is 0.167. The summed E-state index contributed by atoms with van der Waals surface area (Å²) in [5.74, 6) is 1.29. The number of aryl methyl sites for hydroxylation is 1. The molecule has 0 bridgehead atoms. The number of carbonyl (C=O) groups is 1. The molecule has 0 radical (unpaired) electrons. The number of nitriles is 1. The predicted octanol–water partition coefficient (Wildman–Crippen LogP) is 6.35. The summed E-state index contributed by atoms with van der Waals surface area (Å²) < 4.78 is 16.5. The van der Waals surface area contributed by atoms with Crippen LogP contribution in [0, 0.1) is 18.3 Å². The first-order valence-electron chi connectivity index (χ1n) is 11.8. The molecule has 3 aromatic carbocycles. The number of nitrogens with one attached hydrogen (secondary N) is 1. The Morgan fingerprint density at radius 2 is 1.58 bits per heavy atom. The van der Waals surface area contributed by atoms with Gasteiger partial charge in [-0.2, -0.15) is 5.26 Å². The number of anilines is 1. The van der Waals surface area contributed by atoms with E-state index in [4.69, 9.17) is 19.2 Å². The number of hydrogen-bond acceptors (Lipinski definition) is 7. The Kier molecular flexibility index (Phi) is 8.51. The van der Waals surface area contributed by atoms with E-state index in [1.54, 1.807) is 26.4 Å². The van der Waals surface area contributed by atoms with E-state index < -0.39 is 0 Å². The third kappa shape index (κ3) is 5.90. The van der Waals surface area contributed by atoms with E-state index >= 15 is 0 Å². The molecule has 7 nitrogen and oxygen atoms in total. The zero-order valence-corrected chi connectivity index (χ0v) is 22.4. The number of methoxy groups -OCH3 is 3. The molecule has 0 unspecified atom stereocenters. The molecule has 1 aromatic heterocycles. The van der Waals surface area contributed by atoms with Gasteiger partial charge in [0.1, 0.15) is 11.1 Å². The van der Waals surface area contributed by atoms with Crippen LogP contribution < -0.4 is 19.5 Å². The SMILES string of the molecule is COc1cc(-c2cc(-c3ccccc3)nc(SCC(=O)Nc3ccc(C)cc3)c2C#N)cc(OC)c1OC. The lowest BCUT2D eigenvalue weighted by molar-refractivity contribution is -0.113. The number of rotatable bonds is 9. The summed E-state index contributed by atoms with van der Waals surface area (Å²) in [4.78, 5) is 17.5. The van der Waals surface area contributed by atoms with Crippen LogP contribution in [0.3, 0.4) is 0 Å². The fourth-order valence-electron chi connectivity index (χ4n) is 3.92. The van der Waals surface area contributed by atoms with Crippen molar-refractivity contribution < 1.29 is 19.0 Å². The second-order valence-corrected chi connectivity index (χ2v) is 9.29. The number of aromatic nitrogens is 1. The summed E-state index contributed by atoms with van der Waals surface area (Å²) in [6.07, 6.45) is 0. The molecule has 0 spiro atoms. The van der Waals surface area contributed by atoms with Crippen molar-refractivity contribution in [3.05, 3.63) is 83.9 Å². The molecule has 1 heterocycles. The highest BCUT2D eigenvalue weighted by atomic mass is 32.2. The maximum Gasteiger partial charge on any atom is 0.234 e. The van der Waals surface area contributed by atoms with Crippen LogP contribution in [-0.2, 0) is 4.79 Å². The van der Waals surface area contributed by atoms with Gasteiger partial charge in [0.2, 0.25) is 11.7 Å². The highest BCUT2D eigenvalue weighted by Crippen LogP contribution is 2.43. The van der Waals surface area contributed by atoms with E-state index in [0.29, 0.717) is 50.3 Å². The molecule has 4 aromatic rings. The van der Waals surface area contributed by atoms with Gasteiger partial charge < -0.3 is 19.5 Å². The van der Waals surface area contributed by atoms with Crippen LogP contribution in [-0.4, -0.2) is 38.0 Å². The first kappa shape index (κ1) is 26.6. The number of carbonyl (C=O) groups excluding carboxylic acids is 1. The van der Waals surface area contributed by atoms with E-state index in [1.165, 1.54) is 18.9 Å². The monoisotopic (exact) mass is 525 g/mol. The Hall–Kier alpha value is -4.48. The Labute approximate surface area is 226 Å². The van der Waals surface area contributed by atoms with Gasteiger partial charge in [-0.05, 0) is 42.8 Å². The summed E-state index contributed by atoms with van der Waals surface area (Å²) in [6.45, 7) is 1.99. The van der Waals surface area contributed by atoms with Gasteiger partial charge in [-0.15, -0.1) is 0 Å². The Morgan fingerprint density at radius 1 is 0.921 bits per heavy atom. The van der Waals surface area contributed by atoms with E-state index in [-0.39, 0.29) is 11.7 Å². The largest absolute Gasteiger partial charge is 0.493 e. The maximum absolute atomic E-state index is 12.7. The number of pyridine rings is 1. The molecule has 8 heteroatoms. The predicted molar refractivity (Wildman–Crippen MR) is 150 cm³/mol. The molecule has 1 amide bonds. The van der Waals surface area contributed by atoms with Crippen molar-refractivity contribution in [3.63, 3.8) is 0 Å². The minimum absolute atomic E-state index is 0.0858. The molecule has 0 aliphatic rings. The van der Waals surface area contributed by atoms with Crippen molar-refractivity contribution in [3.8, 4) is 45.7 Å². The number of benzene rings is 3. The molecular weight excluding hydrogens is 498 g/mol. The molecule has 0 saturated heterocycles. The summed E-state index contributed by atoms with van der Waals surface area (Å²) in [5.41, 5.74) is 5.07. The second-order valence-electron chi connectivity index (χ2n) is 8.33. The lowest BCUT2D eigenvalue weighted by atomic mass is 9.98. The molecule has 0 aliphatic heterocycles. The molecule has 0 aliphatic carbocycles. The van der Waals surface area contributed by atoms with Crippen LogP contribution in [0.1, 0.15) is 11.1 Å². The van der Waals surface area contributed by atoms with Gasteiger partial charge in [0.05, 0.1) is 38.3 Å². The quantitative estimate of drug-likeness (QED) is 0.254. The van der Waals surface area contributed by atoms with Crippen LogP contribution in [0.4, 0.5) is 5.69 Å². The van der Waals surface area contributed by atoms with E-state index in [9.17, 15) is 10.1 Å². The molecule has 192 valence electrons. The van der Waals surface area contributed by atoms with Gasteiger partial charge in [-0.1, -0.05) is 59.8 Å².